The van der Waals surface area contributed by atoms with E-state index < -0.39 is 67.4 Å². The molecule has 1 amide bonds. The quantitative estimate of drug-likeness (QED) is 0.0149. The first-order valence-corrected chi connectivity index (χ1v) is 27.4. The van der Waals surface area contributed by atoms with Crippen molar-refractivity contribution >= 4 is 11.9 Å². The molecule has 6 N–H and O–H groups in total. The summed E-state index contributed by atoms with van der Waals surface area (Å²) in [6, 6.07) is -1.04. The SMILES string of the molecule is CC/C=C/C=C/C=C\CCCCCCC(O)C(=O)NC(COC1OC(CO)C(O)C(O)C1OC(=O)CCCCCC/C=C\C/C=C\C/C=C\CCCCC)C(O)/C=C/CCCCCCCCCCC. The smallest absolute Gasteiger partial charge is 0.306 e. The highest BCUT2D eigenvalue weighted by Crippen LogP contribution is 2.26. The van der Waals surface area contributed by atoms with E-state index in [9.17, 15) is 35.1 Å². The lowest BCUT2D eigenvalue weighted by Gasteiger charge is -2.41. The van der Waals surface area contributed by atoms with E-state index in [1.165, 1.54) is 57.8 Å². The summed E-state index contributed by atoms with van der Waals surface area (Å²) in [7, 11) is 0. The highest BCUT2D eigenvalue weighted by Gasteiger charge is 2.47. The van der Waals surface area contributed by atoms with Crippen molar-refractivity contribution < 1.29 is 49.3 Å². The van der Waals surface area contributed by atoms with Gasteiger partial charge in [0, 0.05) is 6.42 Å². The van der Waals surface area contributed by atoms with Gasteiger partial charge in [0.2, 0.25) is 5.91 Å². The molecule has 1 fully saturated rings. The van der Waals surface area contributed by atoms with Crippen molar-refractivity contribution in [3.05, 3.63) is 85.1 Å². The maximum Gasteiger partial charge on any atom is 0.306 e. The van der Waals surface area contributed by atoms with Gasteiger partial charge in [-0.15, -0.1) is 0 Å². The zero-order valence-electron chi connectivity index (χ0n) is 43.4. The highest BCUT2D eigenvalue weighted by molar-refractivity contribution is 5.80. The zero-order valence-corrected chi connectivity index (χ0v) is 43.4. The van der Waals surface area contributed by atoms with Crippen molar-refractivity contribution in [1.82, 2.24) is 5.32 Å². The average molecular weight is 970 g/mol. The number of allylic oxidation sites excluding steroid dienone is 13. The number of nitrogens with one attached hydrogen (secondary N) is 1. The molecule has 1 heterocycles. The van der Waals surface area contributed by atoms with E-state index in [0.29, 0.717) is 12.8 Å². The van der Waals surface area contributed by atoms with Gasteiger partial charge in [-0.1, -0.05) is 202 Å². The molecule has 0 aromatic rings. The predicted molar refractivity (Wildman–Crippen MR) is 282 cm³/mol. The second-order valence-electron chi connectivity index (χ2n) is 18.6. The van der Waals surface area contributed by atoms with Crippen LogP contribution in [0.5, 0.6) is 0 Å². The molecule has 0 saturated carbocycles. The highest BCUT2D eigenvalue weighted by atomic mass is 16.7. The van der Waals surface area contributed by atoms with Gasteiger partial charge in [0.1, 0.15) is 24.4 Å². The molecule has 0 spiro atoms. The van der Waals surface area contributed by atoms with Crippen LogP contribution in [0, 0.1) is 0 Å². The fourth-order valence-electron chi connectivity index (χ4n) is 7.95. The summed E-state index contributed by atoms with van der Waals surface area (Å²) >= 11 is 0. The Morgan fingerprint density at radius 1 is 0.594 bits per heavy atom. The Morgan fingerprint density at radius 3 is 1.71 bits per heavy atom. The van der Waals surface area contributed by atoms with E-state index in [1.807, 2.05) is 30.4 Å². The fraction of sp³-hybridized carbons (Fsp3) is 0.724. The minimum absolute atomic E-state index is 0.0913. The molecule has 1 rings (SSSR count). The van der Waals surface area contributed by atoms with Crippen molar-refractivity contribution in [2.24, 2.45) is 0 Å². The fourth-order valence-corrected chi connectivity index (χ4v) is 7.95. The maximum absolute atomic E-state index is 13.3. The first-order valence-electron chi connectivity index (χ1n) is 27.4. The van der Waals surface area contributed by atoms with E-state index in [1.54, 1.807) is 6.08 Å². The number of hydrogen-bond donors (Lipinski definition) is 6. The molecule has 69 heavy (non-hydrogen) atoms. The van der Waals surface area contributed by atoms with Gasteiger partial charge >= 0.3 is 5.97 Å². The molecule has 0 aliphatic carbocycles. The number of aliphatic hydroxyl groups excluding tert-OH is 5. The maximum atomic E-state index is 13.3. The molecule has 11 nitrogen and oxygen atoms in total. The predicted octanol–water partition coefficient (Wildman–Crippen LogP) is 11.8. The van der Waals surface area contributed by atoms with Crippen molar-refractivity contribution in [1.29, 1.82) is 0 Å². The molecule has 1 saturated heterocycles. The first-order chi connectivity index (χ1) is 33.7. The second-order valence-corrected chi connectivity index (χ2v) is 18.6. The number of rotatable bonds is 44. The van der Waals surface area contributed by atoms with Crippen LogP contribution in [-0.2, 0) is 23.8 Å². The normalized spacial score (nSPS) is 20.5. The minimum atomic E-state index is -1.63. The summed E-state index contributed by atoms with van der Waals surface area (Å²) < 4.78 is 17.5. The van der Waals surface area contributed by atoms with Gasteiger partial charge < -0.3 is 45.1 Å². The lowest BCUT2D eigenvalue weighted by molar-refractivity contribution is -0.305. The van der Waals surface area contributed by atoms with E-state index in [2.05, 4.69) is 74.7 Å². The van der Waals surface area contributed by atoms with Crippen molar-refractivity contribution in [3.63, 3.8) is 0 Å². The third kappa shape index (κ3) is 34.7. The molecule has 8 unspecified atom stereocenters. The Hall–Kier alpha value is -3.16. The largest absolute Gasteiger partial charge is 0.454 e. The molecule has 1 aliphatic rings. The standard InChI is InChI=1S/C58H99NO10/c1-4-7-10-13-16-19-22-24-25-26-27-28-31-34-37-40-43-46-53(63)69-56-55(65)54(64)52(47-60)68-58(56)67-48-49(50(61)44-41-38-35-32-29-21-18-15-12-9-6-3)59-57(66)51(62)45-42-39-36-33-30-23-20-17-14-11-8-5-2/h8,11,14,16-17,19-20,23-25,27-28,41,44,49-52,54-56,58,60-62,64-65H,4-7,9-10,12-13,15,18,21-22,26,29-40,42-43,45-48H2,1-3H3,(H,59,66)/b11-8+,17-14+,19-16-,23-20-,25-24-,28-27-,44-41+. The Balaban J connectivity index is 2.77. The summed E-state index contributed by atoms with van der Waals surface area (Å²) in [5, 5.41) is 56.6. The molecule has 11 heteroatoms. The average Bonchev–Trinajstić information content (AvgIpc) is 3.34. The van der Waals surface area contributed by atoms with Gasteiger partial charge in [-0.05, 0) is 83.5 Å². The van der Waals surface area contributed by atoms with Gasteiger partial charge in [0.15, 0.2) is 12.4 Å². The van der Waals surface area contributed by atoms with Gasteiger partial charge in [0.25, 0.3) is 0 Å². The minimum Gasteiger partial charge on any atom is -0.454 e. The second kappa shape index (κ2) is 45.9. The summed E-state index contributed by atoms with van der Waals surface area (Å²) in [6.07, 6.45) is 47.7. The van der Waals surface area contributed by atoms with Crippen LogP contribution in [0.2, 0.25) is 0 Å². The van der Waals surface area contributed by atoms with Crippen molar-refractivity contribution in [2.45, 2.75) is 256 Å². The Morgan fingerprint density at radius 2 is 1.10 bits per heavy atom. The molecule has 0 bridgehead atoms. The number of aliphatic hydroxyl groups is 5. The number of unbranched alkanes of at least 4 members (excludes halogenated alkanes) is 20. The molecule has 0 aromatic carbocycles. The number of carbonyl (C=O) groups excluding carboxylic acids is 2. The van der Waals surface area contributed by atoms with Gasteiger partial charge in [-0.2, -0.15) is 0 Å². The number of hydrogen-bond acceptors (Lipinski definition) is 10. The van der Waals surface area contributed by atoms with Crippen LogP contribution in [0.25, 0.3) is 0 Å². The first kappa shape index (κ1) is 63.9. The number of esters is 1. The van der Waals surface area contributed by atoms with Crippen LogP contribution in [0.4, 0.5) is 0 Å². The number of carbonyl (C=O) groups is 2. The van der Waals surface area contributed by atoms with E-state index in [0.717, 1.165) is 103 Å². The number of ether oxygens (including phenoxy) is 3. The summed E-state index contributed by atoms with van der Waals surface area (Å²) in [5.74, 6) is -1.25. The van der Waals surface area contributed by atoms with Crippen LogP contribution in [0.3, 0.4) is 0 Å². The van der Waals surface area contributed by atoms with Crippen LogP contribution >= 0.6 is 0 Å². The van der Waals surface area contributed by atoms with Gasteiger partial charge in [-0.25, -0.2) is 0 Å². The van der Waals surface area contributed by atoms with Crippen LogP contribution in [0.1, 0.15) is 207 Å². The Kier molecular flexibility index (Phi) is 42.5. The van der Waals surface area contributed by atoms with Crippen LogP contribution < -0.4 is 5.32 Å². The topological polar surface area (TPSA) is 175 Å². The molecule has 1 aliphatic heterocycles. The molecular formula is C58H99NO10. The third-order valence-corrected chi connectivity index (χ3v) is 12.3. The van der Waals surface area contributed by atoms with Crippen LogP contribution in [0.15, 0.2) is 85.1 Å². The van der Waals surface area contributed by atoms with Crippen molar-refractivity contribution in [2.75, 3.05) is 13.2 Å². The summed E-state index contributed by atoms with van der Waals surface area (Å²) in [4.78, 5) is 26.4. The van der Waals surface area contributed by atoms with E-state index in [4.69, 9.17) is 14.2 Å². The van der Waals surface area contributed by atoms with Crippen LogP contribution in [-0.4, -0.2) is 99.6 Å². The lowest BCUT2D eigenvalue weighted by atomic mass is 9.99. The summed E-state index contributed by atoms with van der Waals surface area (Å²) in [5.41, 5.74) is 0. The lowest BCUT2D eigenvalue weighted by Crippen LogP contribution is -2.61. The molecule has 0 radical (unpaired) electrons. The molecule has 0 aromatic heterocycles. The third-order valence-electron chi connectivity index (χ3n) is 12.3. The summed E-state index contributed by atoms with van der Waals surface area (Å²) in [6.45, 7) is 5.56. The Labute approximate surface area is 419 Å². The van der Waals surface area contributed by atoms with E-state index >= 15 is 0 Å². The molecule has 8 atom stereocenters. The van der Waals surface area contributed by atoms with Gasteiger partial charge in [0.05, 0.1) is 25.4 Å². The van der Waals surface area contributed by atoms with Crippen molar-refractivity contribution in [3.8, 4) is 0 Å². The zero-order chi connectivity index (χ0) is 50.4. The monoisotopic (exact) mass is 970 g/mol. The number of amides is 1. The van der Waals surface area contributed by atoms with Gasteiger partial charge in [-0.3, -0.25) is 9.59 Å². The van der Waals surface area contributed by atoms with E-state index in [-0.39, 0.29) is 19.4 Å². The molecular weight excluding hydrogens is 871 g/mol. The molecule has 396 valence electrons. The Bertz CT molecular complexity index is 1440.